The van der Waals surface area contributed by atoms with Crippen LogP contribution >= 0.6 is 0 Å². The minimum Gasteiger partial charge on any atom is -0.480 e. The number of carbonyl (C=O) groups is 3. The van der Waals surface area contributed by atoms with E-state index in [1.54, 1.807) is 13.8 Å². The lowest BCUT2D eigenvalue weighted by Gasteiger charge is -2.20. The molecule has 6 nitrogen and oxygen atoms in total. The van der Waals surface area contributed by atoms with Gasteiger partial charge in [-0.1, -0.05) is 13.8 Å². The number of hydrogen-bond donors (Lipinski definition) is 2. The van der Waals surface area contributed by atoms with Crippen molar-refractivity contribution in [3.05, 3.63) is 29.3 Å². The monoisotopic (exact) mass is 386 g/mol. The fourth-order valence-electron chi connectivity index (χ4n) is 2.92. The van der Waals surface area contributed by atoms with Gasteiger partial charge in [-0.15, -0.1) is 0 Å². The Bertz CT molecular complexity index is 747. The smallest absolute Gasteiger partial charge is 0.416 e. The van der Waals surface area contributed by atoms with E-state index in [1.165, 1.54) is 11.0 Å². The van der Waals surface area contributed by atoms with Gasteiger partial charge in [-0.2, -0.15) is 13.2 Å². The second-order valence-electron chi connectivity index (χ2n) is 6.91. The first-order valence-electron chi connectivity index (χ1n) is 8.55. The Morgan fingerprint density at radius 1 is 1.26 bits per heavy atom. The molecule has 1 fully saturated rings. The van der Waals surface area contributed by atoms with Crippen molar-refractivity contribution in [2.75, 3.05) is 11.4 Å². The fourth-order valence-corrected chi connectivity index (χ4v) is 2.92. The SMILES string of the molecule is CC(C)C[C@H](NC(=O)c1cc(N2CCCC2=O)cc(C(F)(F)F)c1)C(=O)O. The van der Waals surface area contributed by atoms with E-state index in [-0.39, 0.29) is 42.5 Å². The number of halogens is 3. The molecule has 0 aromatic heterocycles. The zero-order chi connectivity index (χ0) is 20.4. The van der Waals surface area contributed by atoms with E-state index in [9.17, 15) is 32.7 Å². The van der Waals surface area contributed by atoms with Crippen molar-refractivity contribution < 1.29 is 32.7 Å². The molecule has 1 aliphatic rings. The van der Waals surface area contributed by atoms with Gasteiger partial charge in [0.25, 0.3) is 5.91 Å². The summed E-state index contributed by atoms with van der Waals surface area (Å²) in [6, 6.07) is 1.45. The maximum atomic E-state index is 13.2. The van der Waals surface area contributed by atoms with E-state index in [0.29, 0.717) is 12.5 Å². The number of anilines is 1. The molecule has 27 heavy (non-hydrogen) atoms. The molecule has 1 atom stereocenters. The molecule has 2 rings (SSSR count). The Morgan fingerprint density at radius 3 is 2.41 bits per heavy atom. The molecule has 1 heterocycles. The molecule has 1 aliphatic heterocycles. The molecule has 1 saturated heterocycles. The molecule has 0 radical (unpaired) electrons. The maximum absolute atomic E-state index is 13.2. The lowest BCUT2D eigenvalue weighted by atomic mass is 10.0. The molecule has 0 unspecified atom stereocenters. The Labute approximate surface area is 154 Å². The van der Waals surface area contributed by atoms with Crippen molar-refractivity contribution in [1.82, 2.24) is 5.32 Å². The van der Waals surface area contributed by atoms with Gasteiger partial charge in [-0.3, -0.25) is 9.59 Å². The minimum absolute atomic E-state index is 0.0202. The predicted molar refractivity (Wildman–Crippen MR) is 91.4 cm³/mol. The van der Waals surface area contributed by atoms with Gasteiger partial charge in [0.1, 0.15) is 6.04 Å². The number of alkyl halides is 3. The van der Waals surface area contributed by atoms with Crippen LogP contribution in [0.5, 0.6) is 0 Å². The van der Waals surface area contributed by atoms with Crippen LogP contribution in [0.4, 0.5) is 18.9 Å². The van der Waals surface area contributed by atoms with Crippen LogP contribution in [0.1, 0.15) is 49.0 Å². The third-order valence-electron chi connectivity index (χ3n) is 4.20. The van der Waals surface area contributed by atoms with E-state index in [4.69, 9.17) is 0 Å². The van der Waals surface area contributed by atoms with Crippen LogP contribution in [-0.2, 0) is 15.8 Å². The number of carbonyl (C=O) groups excluding carboxylic acids is 2. The normalized spacial score (nSPS) is 15.9. The van der Waals surface area contributed by atoms with Crippen molar-refractivity contribution in [3.63, 3.8) is 0 Å². The molecular formula is C18H21F3N2O4. The van der Waals surface area contributed by atoms with Gasteiger partial charge in [0, 0.05) is 24.2 Å². The number of nitrogens with one attached hydrogen (secondary N) is 1. The number of amides is 2. The second-order valence-corrected chi connectivity index (χ2v) is 6.91. The average Bonchev–Trinajstić information content (AvgIpc) is 2.98. The first-order valence-corrected chi connectivity index (χ1v) is 8.55. The summed E-state index contributed by atoms with van der Waals surface area (Å²) in [6.07, 6.45) is -3.82. The highest BCUT2D eigenvalue weighted by molar-refractivity contribution is 6.00. The maximum Gasteiger partial charge on any atom is 0.416 e. The largest absolute Gasteiger partial charge is 0.480 e. The molecule has 0 aliphatic carbocycles. The lowest BCUT2D eigenvalue weighted by Crippen LogP contribution is -2.41. The molecule has 1 aromatic rings. The summed E-state index contributed by atoms with van der Waals surface area (Å²) in [4.78, 5) is 36.8. The molecule has 148 valence electrons. The Morgan fingerprint density at radius 2 is 1.93 bits per heavy atom. The van der Waals surface area contributed by atoms with Crippen LogP contribution in [0.2, 0.25) is 0 Å². The fraction of sp³-hybridized carbons (Fsp3) is 0.500. The first-order chi connectivity index (χ1) is 12.5. The number of nitrogens with zero attached hydrogens (tertiary/aromatic N) is 1. The van der Waals surface area contributed by atoms with Crippen molar-refractivity contribution >= 4 is 23.5 Å². The van der Waals surface area contributed by atoms with Crippen LogP contribution in [0.3, 0.4) is 0 Å². The summed E-state index contributed by atoms with van der Waals surface area (Å²) < 4.78 is 39.7. The zero-order valence-corrected chi connectivity index (χ0v) is 15.0. The van der Waals surface area contributed by atoms with Gasteiger partial charge in [0.2, 0.25) is 5.91 Å². The Balaban J connectivity index is 2.37. The lowest BCUT2D eigenvalue weighted by molar-refractivity contribution is -0.140. The van der Waals surface area contributed by atoms with Crippen molar-refractivity contribution in [2.45, 2.75) is 45.3 Å². The number of benzene rings is 1. The van der Waals surface area contributed by atoms with E-state index < -0.39 is 29.7 Å². The minimum atomic E-state index is -4.71. The molecule has 0 saturated carbocycles. The summed E-state index contributed by atoms with van der Waals surface area (Å²) in [5.74, 6) is -2.55. The van der Waals surface area contributed by atoms with Crippen molar-refractivity contribution in [2.24, 2.45) is 5.92 Å². The number of hydrogen-bond acceptors (Lipinski definition) is 3. The molecule has 9 heteroatoms. The number of aliphatic carboxylic acids is 1. The molecule has 2 N–H and O–H groups in total. The highest BCUT2D eigenvalue weighted by Gasteiger charge is 2.34. The quantitative estimate of drug-likeness (QED) is 0.787. The molecule has 0 bridgehead atoms. The Kier molecular flexibility index (Phi) is 6.12. The summed E-state index contributed by atoms with van der Waals surface area (Å²) in [5.41, 5.74) is -1.43. The molecule has 2 amide bonds. The number of carboxylic acid groups (broad SMARTS) is 1. The summed E-state index contributed by atoms with van der Waals surface area (Å²) in [7, 11) is 0. The average molecular weight is 386 g/mol. The van der Waals surface area contributed by atoms with Crippen LogP contribution in [0.25, 0.3) is 0 Å². The van der Waals surface area contributed by atoms with Crippen molar-refractivity contribution in [1.29, 1.82) is 0 Å². The van der Waals surface area contributed by atoms with E-state index in [2.05, 4.69) is 5.32 Å². The van der Waals surface area contributed by atoms with Crippen LogP contribution < -0.4 is 10.2 Å². The highest BCUT2D eigenvalue weighted by Crippen LogP contribution is 2.34. The van der Waals surface area contributed by atoms with Crippen LogP contribution in [0, 0.1) is 5.92 Å². The van der Waals surface area contributed by atoms with Crippen LogP contribution in [0.15, 0.2) is 18.2 Å². The summed E-state index contributed by atoms with van der Waals surface area (Å²) in [5, 5.41) is 11.5. The number of carboxylic acids is 1. The van der Waals surface area contributed by atoms with E-state index in [1.807, 2.05) is 0 Å². The first kappa shape index (κ1) is 20.7. The van der Waals surface area contributed by atoms with Gasteiger partial charge in [0.15, 0.2) is 0 Å². The highest BCUT2D eigenvalue weighted by atomic mass is 19.4. The van der Waals surface area contributed by atoms with Gasteiger partial charge in [-0.25, -0.2) is 4.79 Å². The van der Waals surface area contributed by atoms with Gasteiger partial charge in [-0.05, 0) is 37.0 Å². The molecule has 0 spiro atoms. The third kappa shape index (κ3) is 5.21. The van der Waals surface area contributed by atoms with Gasteiger partial charge in [0.05, 0.1) is 5.56 Å². The summed E-state index contributed by atoms with van der Waals surface area (Å²) >= 11 is 0. The summed E-state index contributed by atoms with van der Waals surface area (Å²) in [6.45, 7) is 3.80. The van der Waals surface area contributed by atoms with E-state index in [0.717, 1.165) is 6.07 Å². The van der Waals surface area contributed by atoms with E-state index >= 15 is 0 Å². The zero-order valence-electron chi connectivity index (χ0n) is 15.0. The number of rotatable bonds is 6. The topological polar surface area (TPSA) is 86.7 Å². The van der Waals surface area contributed by atoms with Gasteiger partial charge >= 0.3 is 12.1 Å². The standard InChI is InChI=1S/C18H21F3N2O4/c1-10(2)6-14(17(26)27)22-16(25)11-7-12(18(19,20)21)9-13(8-11)23-5-3-4-15(23)24/h7-10,14H,3-6H2,1-2H3,(H,22,25)(H,26,27)/t14-/m0/s1. The predicted octanol–water partition coefficient (Wildman–Crippen LogP) is 3.06. The third-order valence-corrected chi connectivity index (χ3v) is 4.20. The molecule has 1 aromatic carbocycles. The van der Waals surface area contributed by atoms with Crippen LogP contribution in [-0.4, -0.2) is 35.5 Å². The van der Waals surface area contributed by atoms with Gasteiger partial charge < -0.3 is 15.3 Å². The Hall–Kier alpha value is -2.58. The van der Waals surface area contributed by atoms with Crippen molar-refractivity contribution in [3.8, 4) is 0 Å². The molecular weight excluding hydrogens is 365 g/mol. The second kappa shape index (κ2) is 7.98.